The summed E-state index contributed by atoms with van der Waals surface area (Å²) in [5, 5.41) is 3.28. The van der Waals surface area contributed by atoms with Crippen LogP contribution in [-0.2, 0) is 9.53 Å². The maximum absolute atomic E-state index is 11.9. The van der Waals surface area contributed by atoms with Crippen LogP contribution in [0.25, 0.3) is 0 Å². The highest BCUT2D eigenvalue weighted by Crippen LogP contribution is 2.07. The summed E-state index contributed by atoms with van der Waals surface area (Å²) < 4.78 is 5.65. The van der Waals surface area contributed by atoms with Crippen LogP contribution in [0.1, 0.15) is 26.7 Å². The number of nitrogens with zero attached hydrogens (tertiary/aromatic N) is 1. The van der Waals surface area contributed by atoms with E-state index in [-0.39, 0.29) is 18.6 Å². The molecule has 0 aromatic heterocycles. The van der Waals surface area contributed by atoms with Crippen molar-refractivity contribution in [2.45, 2.75) is 32.8 Å². The van der Waals surface area contributed by atoms with Gasteiger partial charge in [0.05, 0.1) is 6.10 Å². The monoisotopic (exact) mass is 240 g/mol. The molecular formula is C13H24N2O2. The summed E-state index contributed by atoms with van der Waals surface area (Å²) in [5.74, 6) is 0.0639. The molecule has 1 N–H and O–H groups in total. The third-order valence-corrected chi connectivity index (χ3v) is 2.92. The molecule has 1 heterocycles. The standard InChI is InChI=1S/C13H24N2O2/c1-4-15(9-11(2)3)13(16)10-17-12-5-7-14-8-6-12/h12,14H,2,4-10H2,1,3H3. The van der Waals surface area contributed by atoms with E-state index in [2.05, 4.69) is 11.9 Å². The summed E-state index contributed by atoms with van der Waals surface area (Å²) in [6.07, 6.45) is 2.24. The molecule has 0 aromatic carbocycles. The molecule has 0 spiro atoms. The first kappa shape index (κ1) is 14.2. The number of likely N-dealkylation sites (N-methyl/N-ethyl adjacent to an activating group) is 1. The van der Waals surface area contributed by atoms with Gasteiger partial charge in [-0.15, -0.1) is 0 Å². The first-order valence-corrected chi connectivity index (χ1v) is 6.38. The summed E-state index contributed by atoms with van der Waals surface area (Å²) in [5.41, 5.74) is 1.00. The second-order valence-electron chi connectivity index (χ2n) is 4.63. The Hall–Kier alpha value is -0.870. The molecule has 0 aromatic rings. The van der Waals surface area contributed by atoms with Gasteiger partial charge >= 0.3 is 0 Å². The molecule has 4 nitrogen and oxygen atoms in total. The maximum Gasteiger partial charge on any atom is 0.248 e. The number of hydrogen-bond donors (Lipinski definition) is 1. The number of nitrogens with one attached hydrogen (secondary N) is 1. The lowest BCUT2D eigenvalue weighted by atomic mass is 10.1. The van der Waals surface area contributed by atoms with E-state index >= 15 is 0 Å². The number of piperidine rings is 1. The van der Waals surface area contributed by atoms with Crippen LogP contribution in [0.4, 0.5) is 0 Å². The van der Waals surface area contributed by atoms with Gasteiger partial charge in [0.25, 0.3) is 0 Å². The average Bonchev–Trinajstić information content (AvgIpc) is 2.34. The van der Waals surface area contributed by atoms with E-state index in [1.54, 1.807) is 4.90 Å². The zero-order chi connectivity index (χ0) is 12.7. The van der Waals surface area contributed by atoms with E-state index in [1.165, 1.54) is 0 Å². The fourth-order valence-corrected chi connectivity index (χ4v) is 1.94. The normalized spacial score (nSPS) is 16.8. The quantitative estimate of drug-likeness (QED) is 0.709. The highest BCUT2D eigenvalue weighted by Gasteiger charge is 2.17. The van der Waals surface area contributed by atoms with Crippen LogP contribution in [0.15, 0.2) is 12.2 Å². The predicted molar refractivity (Wildman–Crippen MR) is 68.9 cm³/mol. The van der Waals surface area contributed by atoms with Gasteiger partial charge in [0, 0.05) is 13.1 Å². The average molecular weight is 240 g/mol. The van der Waals surface area contributed by atoms with Crippen LogP contribution in [0.3, 0.4) is 0 Å². The third-order valence-electron chi connectivity index (χ3n) is 2.92. The molecule has 0 atom stereocenters. The van der Waals surface area contributed by atoms with Gasteiger partial charge in [-0.3, -0.25) is 4.79 Å². The molecule has 17 heavy (non-hydrogen) atoms. The maximum atomic E-state index is 11.9. The van der Waals surface area contributed by atoms with E-state index in [4.69, 9.17) is 4.74 Å². The van der Waals surface area contributed by atoms with Crippen LogP contribution in [-0.4, -0.2) is 49.7 Å². The molecule has 0 radical (unpaired) electrons. The Morgan fingerprint density at radius 2 is 2.12 bits per heavy atom. The number of carbonyl (C=O) groups is 1. The number of rotatable bonds is 6. The Balaban J connectivity index is 2.28. The van der Waals surface area contributed by atoms with Gasteiger partial charge in [0.15, 0.2) is 0 Å². The Morgan fingerprint density at radius 1 is 1.47 bits per heavy atom. The molecule has 0 aliphatic carbocycles. The molecule has 0 bridgehead atoms. The largest absolute Gasteiger partial charge is 0.368 e. The van der Waals surface area contributed by atoms with Crippen molar-refractivity contribution in [2.75, 3.05) is 32.8 Å². The van der Waals surface area contributed by atoms with Crippen molar-refractivity contribution in [1.29, 1.82) is 0 Å². The van der Waals surface area contributed by atoms with Crippen LogP contribution < -0.4 is 5.32 Å². The lowest BCUT2D eigenvalue weighted by Crippen LogP contribution is -2.38. The van der Waals surface area contributed by atoms with Gasteiger partial charge in [-0.1, -0.05) is 12.2 Å². The van der Waals surface area contributed by atoms with Gasteiger partial charge in [0.1, 0.15) is 6.61 Å². The molecule has 1 amide bonds. The van der Waals surface area contributed by atoms with Crippen LogP contribution in [0.5, 0.6) is 0 Å². The summed E-state index contributed by atoms with van der Waals surface area (Å²) in [6, 6.07) is 0. The fraction of sp³-hybridized carbons (Fsp3) is 0.769. The first-order valence-electron chi connectivity index (χ1n) is 6.38. The molecular weight excluding hydrogens is 216 g/mol. The van der Waals surface area contributed by atoms with Gasteiger partial charge in [-0.05, 0) is 39.8 Å². The number of amides is 1. The molecule has 1 fully saturated rings. The second-order valence-corrected chi connectivity index (χ2v) is 4.63. The van der Waals surface area contributed by atoms with Crippen molar-refractivity contribution in [3.63, 3.8) is 0 Å². The van der Waals surface area contributed by atoms with Crippen molar-refractivity contribution in [3.8, 4) is 0 Å². The zero-order valence-electron chi connectivity index (χ0n) is 11.0. The van der Waals surface area contributed by atoms with Gasteiger partial charge in [-0.25, -0.2) is 0 Å². The molecule has 0 unspecified atom stereocenters. The van der Waals surface area contributed by atoms with Crippen molar-refractivity contribution in [3.05, 3.63) is 12.2 Å². The van der Waals surface area contributed by atoms with Crippen molar-refractivity contribution >= 4 is 5.91 Å². The number of hydrogen-bond acceptors (Lipinski definition) is 3. The zero-order valence-corrected chi connectivity index (χ0v) is 11.0. The molecule has 4 heteroatoms. The topological polar surface area (TPSA) is 41.6 Å². The van der Waals surface area contributed by atoms with E-state index in [9.17, 15) is 4.79 Å². The molecule has 0 saturated carbocycles. The van der Waals surface area contributed by atoms with Gasteiger partial charge < -0.3 is 15.0 Å². The van der Waals surface area contributed by atoms with Crippen molar-refractivity contribution < 1.29 is 9.53 Å². The minimum absolute atomic E-state index is 0.0639. The number of carbonyl (C=O) groups excluding carboxylic acids is 1. The Bertz CT molecular complexity index is 260. The van der Waals surface area contributed by atoms with Gasteiger partial charge in [0.2, 0.25) is 5.91 Å². The first-order chi connectivity index (χ1) is 8.13. The summed E-state index contributed by atoms with van der Waals surface area (Å²) in [7, 11) is 0. The summed E-state index contributed by atoms with van der Waals surface area (Å²) >= 11 is 0. The molecule has 1 aliphatic heterocycles. The molecule has 1 saturated heterocycles. The Morgan fingerprint density at radius 3 is 2.65 bits per heavy atom. The minimum atomic E-state index is 0.0639. The number of ether oxygens (including phenoxy) is 1. The van der Waals surface area contributed by atoms with E-state index in [0.717, 1.165) is 31.5 Å². The SMILES string of the molecule is C=C(C)CN(CC)C(=O)COC1CCNCC1. The van der Waals surface area contributed by atoms with Crippen LogP contribution >= 0.6 is 0 Å². The molecule has 1 aliphatic rings. The molecule has 1 rings (SSSR count). The third kappa shape index (κ3) is 5.33. The van der Waals surface area contributed by atoms with E-state index in [0.29, 0.717) is 13.1 Å². The summed E-state index contributed by atoms with van der Waals surface area (Å²) in [4.78, 5) is 13.7. The van der Waals surface area contributed by atoms with Crippen LogP contribution in [0, 0.1) is 0 Å². The fourth-order valence-electron chi connectivity index (χ4n) is 1.94. The highest BCUT2D eigenvalue weighted by molar-refractivity contribution is 5.77. The van der Waals surface area contributed by atoms with E-state index in [1.807, 2.05) is 13.8 Å². The van der Waals surface area contributed by atoms with Crippen molar-refractivity contribution in [2.24, 2.45) is 0 Å². The van der Waals surface area contributed by atoms with Gasteiger partial charge in [-0.2, -0.15) is 0 Å². The lowest BCUT2D eigenvalue weighted by molar-refractivity contribution is -0.138. The smallest absolute Gasteiger partial charge is 0.248 e. The highest BCUT2D eigenvalue weighted by atomic mass is 16.5. The predicted octanol–water partition coefficient (Wildman–Crippen LogP) is 1.18. The summed E-state index contributed by atoms with van der Waals surface area (Å²) in [6.45, 7) is 11.3. The van der Waals surface area contributed by atoms with Crippen LogP contribution in [0.2, 0.25) is 0 Å². The Labute approximate surface area is 104 Å². The molecule has 98 valence electrons. The Kier molecular flexibility index (Phi) is 6.22. The minimum Gasteiger partial charge on any atom is -0.368 e. The second kappa shape index (κ2) is 7.45. The lowest BCUT2D eigenvalue weighted by Gasteiger charge is -2.25. The van der Waals surface area contributed by atoms with E-state index < -0.39 is 0 Å². The van der Waals surface area contributed by atoms with Crippen molar-refractivity contribution in [1.82, 2.24) is 10.2 Å².